The van der Waals surface area contributed by atoms with Crippen molar-refractivity contribution in [2.45, 2.75) is 13.0 Å². The number of benzene rings is 4. The zero-order valence-electron chi connectivity index (χ0n) is 17.0. The lowest BCUT2D eigenvalue weighted by Gasteiger charge is -2.15. The number of amides is 2. The molecule has 4 rings (SSSR count). The van der Waals surface area contributed by atoms with Crippen molar-refractivity contribution in [1.82, 2.24) is 10.9 Å². The maximum atomic E-state index is 12.4. The van der Waals surface area contributed by atoms with E-state index in [1.54, 1.807) is 19.1 Å². The summed E-state index contributed by atoms with van der Waals surface area (Å²) in [6, 6.07) is 30.6. The summed E-state index contributed by atoms with van der Waals surface area (Å²) in [6.45, 7) is 1.63. The van der Waals surface area contributed by atoms with Crippen LogP contribution in [0.15, 0.2) is 97.1 Å². The van der Waals surface area contributed by atoms with E-state index < -0.39 is 17.9 Å². The number of nitrogens with one attached hydrogen (secondary N) is 2. The molecule has 0 saturated carbocycles. The molecule has 5 heteroatoms. The van der Waals surface area contributed by atoms with E-state index in [9.17, 15) is 9.59 Å². The highest BCUT2D eigenvalue weighted by atomic mass is 16.5. The van der Waals surface area contributed by atoms with Gasteiger partial charge in [0, 0.05) is 5.56 Å². The van der Waals surface area contributed by atoms with Crippen molar-refractivity contribution in [3.8, 4) is 16.9 Å². The van der Waals surface area contributed by atoms with Gasteiger partial charge in [-0.15, -0.1) is 0 Å². The molecule has 0 fully saturated rings. The molecule has 5 nitrogen and oxygen atoms in total. The highest BCUT2D eigenvalue weighted by Crippen LogP contribution is 2.21. The lowest BCUT2D eigenvalue weighted by molar-refractivity contribution is -0.128. The predicted molar refractivity (Wildman–Crippen MR) is 122 cm³/mol. The Morgan fingerprint density at radius 2 is 1.35 bits per heavy atom. The first-order chi connectivity index (χ1) is 15.1. The van der Waals surface area contributed by atoms with Crippen LogP contribution in [-0.4, -0.2) is 17.9 Å². The number of ether oxygens (including phenoxy) is 1. The van der Waals surface area contributed by atoms with Crippen LogP contribution in [0.2, 0.25) is 0 Å². The van der Waals surface area contributed by atoms with E-state index >= 15 is 0 Å². The number of fused-ring (bicyclic) bond motifs is 1. The topological polar surface area (TPSA) is 67.4 Å². The van der Waals surface area contributed by atoms with Crippen LogP contribution in [0.3, 0.4) is 0 Å². The molecule has 1 unspecified atom stereocenters. The second-order valence-electron chi connectivity index (χ2n) is 7.16. The zero-order valence-corrected chi connectivity index (χ0v) is 17.0. The number of rotatable bonds is 5. The first-order valence-corrected chi connectivity index (χ1v) is 10.0. The predicted octanol–water partition coefficient (Wildman–Crippen LogP) is 4.74. The van der Waals surface area contributed by atoms with Crippen LogP contribution in [-0.2, 0) is 4.79 Å². The molecular formula is C26H22N2O3. The Hall–Kier alpha value is -4.12. The van der Waals surface area contributed by atoms with Crippen LogP contribution >= 0.6 is 0 Å². The Labute approximate surface area is 180 Å². The summed E-state index contributed by atoms with van der Waals surface area (Å²) in [4.78, 5) is 24.7. The molecule has 2 N–H and O–H groups in total. The van der Waals surface area contributed by atoms with Gasteiger partial charge >= 0.3 is 0 Å². The standard InChI is InChI=1S/C26H22N2O3/c1-18(31-24-16-15-20-9-5-6-10-23(20)17-24)25(29)27-28-26(30)22-13-11-21(12-14-22)19-7-3-2-4-8-19/h2-18H,1H3,(H,27,29)(H,28,30). The minimum atomic E-state index is -0.776. The van der Waals surface area contributed by atoms with Gasteiger partial charge in [0.1, 0.15) is 5.75 Å². The number of hydrazine groups is 1. The Bertz CT molecular complexity index is 1200. The summed E-state index contributed by atoms with van der Waals surface area (Å²) in [5, 5.41) is 2.12. The molecule has 0 aliphatic heterocycles. The van der Waals surface area contributed by atoms with E-state index in [0.717, 1.165) is 21.9 Å². The van der Waals surface area contributed by atoms with Gasteiger partial charge in [-0.1, -0.05) is 72.8 Å². The molecule has 31 heavy (non-hydrogen) atoms. The fourth-order valence-electron chi connectivity index (χ4n) is 3.24. The van der Waals surface area contributed by atoms with E-state index in [4.69, 9.17) is 4.74 Å². The summed E-state index contributed by atoms with van der Waals surface area (Å²) in [5.74, 6) is -0.252. The average molecular weight is 410 g/mol. The maximum absolute atomic E-state index is 12.4. The van der Waals surface area contributed by atoms with Crippen LogP contribution in [0.5, 0.6) is 5.75 Å². The van der Waals surface area contributed by atoms with Crippen molar-refractivity contribution >= 4 is 22.6 Å². The molecule has 0 aliphatic carbocycles. The van der Waals surface area contributed by atoms with Crippen LogP contribution in [0, 0.1) is 0 Å². The maximum Gasteiger partial charge on any atom is 0.279 e. The second kappa shape index (κ2) is 9.13. The van der Waals surface area contributed by atoms with Crippen molar-refractivity contribution in [2.24, 2.45) is 0 Å². The molecular weight excluding hydrogens is 388 g/mol. The molecule has 0 aliphatic rings. The largest absolute Gasteiger partial charge is 0.481 e. The fourth-order valence-corrected chi connectivity index (χ4v) is 3.24. The zero-order chi connectivity index (χ0) is 21.6. The van der Waals surface area contributed by atoms with Gasteiger partial charge in [0.15, 0.2) is 6.10 Å². The normalized spacial score (nSPS) is 11.5. The van der Waals surface area contributed by atoms with E-state index in [0.29, 0.717) is 11.3 Å². The third kappa shape index (κ3) is 4.90. The quantitative estimate of drug-likeness (QED) is 0.467. The molecule has 154 valence electrons. The second-order valence-corrected chi connectivity index (χ2v) is 7.16. The summed E-state index contributed by atoms with van der Waals surface area (Å²) in [6.07, 6.45) is -0.776. The third-order valence-electron chi connectivity index (χ3n) is 4.96. The lowest BCUT2D eigenvalue weighted by atomic mass is 10.0. The first kappa shape index (κ1) is 20.2. The smallest absolute Gasteiger partial charge is 0.279 e. The van der Waals surface area contributed by atoms with Gasteiger partial charge in [0.05, 0.1) is 0 Å². The van der Waals surface area contributed by atoms with E-state index in [1.807, 2.05) is 84.9 Å². The average Bonchev–Trinajstić information content (AvgIpc) is 2.83. The third-order valence-corrected chi connectivity index (χ3v) is 4.96. The molecule has 0 saturated heterocycles. The van der Waals surface area contributed by atoms with Crippen molar-refractivity contribution < 1.29 is 14.3 Å². The van der Waals surface area contributed by atoms with Gasteiger partial charge in [-0.05, 0) is 53.1 Å². The van der Waals surface area contributed by atoms with Crippen molar-refractivity contribution in [3.05, 3.63) is 103 Å². The lowest BCUT2D eigenvalue weighted by Crippen LogP contribution is -2.47. The van der Waals surface area contributed by atoms with Crippen molar-refractivity contribution in [2.75, 3.05) is 0 Å². The number of carbonyl (C=O) groups excluding carboxylic acids is 2. The monoisotopic (exact) mass is 410 g/mol. The van der Waals surface area contributed by atoms with Gasteiger partial charge in [-0.25, -0.2) is 0 Å². The Kier molecular flexibility index (Phi) is 5.94. The molecule has 0 spiro atoms. The molecule has 0 radical (unpaired) electrons. The van der Waals surface area contributed by atoms with E-state index in [2.05, 4.69) is 10.9 Å². The molecule has 4 aromatic rings. The summed E-state index contributed by atoms with van der Waals surface area (Å²) >= 11 is 0. The van der Waals surface area contributed by atoms with Gasteiger partial charge in [-0.2, -0.15) is 0 Å². The SMILES string of the molecule is CC(Oc1ccc2ccccc2c1)C(=O)NNC(=O)c1ccc(-c2ccccc2)cc1. The highest BCUT2D eigenvalue weighted by Gasteiger charge is 2.16. The Balaban J connectivity index is 1.32. The molecule has 2 amide bonds. The molecule has 4 aromatic carbocycles. The summed E-state index contributed by atoms with van der Waals surface area (Å²) < 4.78 is 5.72. The van der Waals surface area contributed by atoms with Gasteiger partial charge in [-0.3, -0.25) is 20.4 Å². The van der Waals surface area contributed by atoms with Crippen LogP contribution < -0.4 is 15.6 Å². The van der Waals surface area contributed by atoms with Gasteiger partial charge < -0.3 is 4.74 Å². The van der Waals surface area contributed by atoms with E-state index in [-0.39, 0.29) is 0 Å². The number of hydrogen-bond donors (Lipinski definition) is 2. The van der Waals surface area contributed by atoms with E-state index in [1.165, 1.54) is 0 Å². The molecule has 1 atom stereocenters. The fraction of sp³-hybridized carbons (Fsp3) is 0.0769. The molecule has 0 bridgehead atoms. The highest BCUT2D eigenvalue weighted by molar-refractivity contribution is 5.96. The number of carbonyl (C=O) groups is 2. The number of hydrogen-bond acceptors (Lipinski definition) is 3. The van der Waals surface area contributed by atoms with Crippen LogP contribution in [0.25, 0.3) is 21.9 Å². The van der Waals surface area contributed by atoms with Gasteiger partial charge in [0.25, 0.3) is 11.8 Å². The van der Waals surface area contributed by atoms with Crippen molar-refractivity contribution in [3.63, 3.8) is 0 Å². The summed E-state index contributed by atoms with van der Waals surface area (Å²) in [7, 11) is 0. The molecule has 0 aromatic heterocycles. The van der Waals surface area contributed by atoms with Crippen LogP contribution in [0.1, 0.15) is 17.3 Å². The minimum absolute atomic E-state index is 0.397. The molecule has 0 heterocycles. The Morgan fingerprint density at radius 1 is 0.710 bits per heavy atom. The van der Waals surface area contributed by atoms with Gasteiger partial charge in [0.2, 0.25) is 0 Å². The minimum Gasteiger partial charge on any atom is -0.481 e. The first-order valence-electron chi connectivity index (χ1n) is 10.0. The summed E-state index contributed by atoms with van der Waals surface area (Å²) in [5.41, 5.74) is 7.39. The Morgan fingerprint density at radius 3 is 2.10 bits per heavy atom. The van der Waals surface area contributed by atoms with Crippen LogP contribution in [0.4, 0.5) is 0 Å². The van der Waals surface area contributed by atoms with Crippen molar-refractivity contribution in [1.29, 1.82) is 0 Å².